The van der Waals surface area contributed by atoms with Gasteiger partial charge >= 0.3 is 0 Å². The maximum atomic E-state index is 10.6. The standard InChI is InChI=1S/C12H18N2O4/c1-17-8-9-18-7-3-6-13-11-4-2-5-12(10-11)14(15)16/h2,4-5,10,13H,3,6-9H2,1H3. The van der Waals surface area contributed by atoms with Crippen LogP contribution in [0.3, 0.4) is 0 Å². The third kappa shape index (κ3) is 5.60. The minimum absolute atomic E-state index is 0.0938. The first-order chi connectivity index (χ1) is 8.74. The van der Waals surface area contributed by atoms with Crippen LogP contribution in [-0.2, 0) is 9.47 Å². The van der Waals surface area contributed by atoms with E-state index in [1.54, 1.807) is 19.2 Å². The highest BCUT2D eigenvalue weighted by atomic mass is 16.6. The minimum atomic E-state index is -0.404. The number of benzene rings is 1. The second kappa shape index (κ2) is 8.43. The fraction of sp³-hybridized carbons (Fsp3) is 0.500. The van der Waals surface area contributed by atoms with Crippen LogP contribution < -0.4 is 5.32 Å². The normalized spacial score (nSPS) is 10.3. The van der Waals surface area contributed by atoms with Gasteiger partial charge in [0.25, 0.3) is 5.69 Å². The third-order valence-corrected chi connectivity index (χ3v) is 2.28. The Hall–Kier alpha value is -1.66. The van der Waals surface area contributed by atoms with Crippen LogP contribution >= 0.6 is 0 Å². The number of non-ortho nitro benzene ring substituents is 1. The molecule has 0 saturated heterocycles. The fourth-order valence-electron chi connectivity index (χ4n) is 1.38. The lowest BCUT2D eigenvalue weighted by molar-refractivity contribution is -0.384. The molecule has 1 aromatic rings. The smallest absolute Gasteiger partial charge is 0.271 e. The van der Waals surface area contributed by atoms with Gasteiger partial charge in [0.05, 0.1) is 18.1 Å². The van der Waals surface area contributed by atoms with Crippen LogP contribution in [0, 0.1) is 10.1 Å². The second-order valence-electron chi connectivity index (χ2n) is 3.69. The van der Waals surface area contributed by atoms with Gasteiger partial charge in [-0.05, 0) is 12.5 Å². The molecule has 0 radical (unpaired) electrons. The average Bonchev–Trinajstić information content (AvgIpc) is 2.38. The largest absolute Gasteiger partial charge is 0.385 e. The van der Waals surface area contributed by atoms with Gasteiger partial charge in [0.15, 0.2) is 0 Å². The predicted octanol–water partition coefficient (Wildman–Crippen LogP) is 2.06. The van der Waals surface area contributed by atoms with E-state index in [0.29, 0.717) is 26.4 Å². The number of nitrogens with zero attached hydrogens (tertiary/aromatic N) is 1. The first kappa shape index (κ1) is 14.4. The van der Waals surface area contributed by atoms with Gasteiger partial charge in [0.2, 0.25) is 0 Å². The molecule has 1 rings (SSSR count). The molecule has 1 aromatic carbocycles. The highest BCUT2D eigenvalue weighted by Crippen LogP contribution is 2.16. The monoisotopic (exact) mass is 254 g/mol. The Morgan fingerprint density at radius 3 is 2.89 bits per heavy atom. The number of hydrogen-bond acceptors (Lipinski definition) is 5. The SMILES string of the molecule is COCCOCCCNc1cccc([N+](=O)[O-])c1. The van der Waals surface area contributed by atoms with Crippen molar-refractivity contribution >= 4 is 11.4 Å². The number of methoxy groups -OCH3 is 1. The lowest BCUT2D eigenvalue weighted by Gasteiger charge is -2.06. The molecule has 0 fully saturated rings. The molecular weight excluding hydrogens is 236 g/mol. The van der Waals surface area contributed by atoms with Crippen molar-refractivity contribution in [2.24, 2.45) is 0 Å². The van der Waals surface area contributed by atoms with Crippen molar-refractivity contribution in [3.05, 3.63) is 34.4 Å². The molecule has 0 bridgehead atoms. The van der Waals surface area contributed by atoms with E-state index in [9.17, 15) is 10.1 Å². The molecule has 0 unspecified atom stereocenters. The van der Waals surface area contributed by atoms with Crippen LogP contribution in [0.5, 0.6) is 0 Å². The average molecular weight is 254 g/mol. The lowest BCUT2D eigenvalue weighted by Crippen LogP contribution is -2.08. The lowest BCUT2D eigenvalue weighted by atomic mass is 10.3. The van der Waals surface area contributed by atoms with Crippen LogP contribution in [0.25, 0.3) is 0 Å². The molecule has 100 valence electrons. The van der Waals surface area contributed by atoms with E-state index in [4.69, 9.17) is 9.47 Å². The van der Waals surface area contributed by atoms with E-state index in [0.717, 1.165) is 12.1 Å². The van der Waals surface area contributed by atoms with Crippen molar-refractivity contribution in [3.8, 4) is 0 Å². The first-order valence-corrected chi connectivity index (χ1v) is 5.79. The summed E-state index contributed by atoms with van der Waals surface area (Å²) in [5.41, 5.74) is 0.845. The summed E-state index contributed by atoms with van der Waals surface area (Å²) in [6, 6.07) is 6.46. The van der Waals surface area contributed by atoms with Crippen LogP contribution in [0.4, 0.5) is 11.4 Å². The van der Waals surface area contributed by atoms with Gasteiger partial charge in [0, 0.05) is 38.1 Å². The zero-order valence-electron chi connectivity index (χ0n) is 10.4. The van der Waals surface area contributed by atoms with E-state index >= 15 is 0 Å². The van der Waals surface area contributed by atoms with Crippen molar-refractivity contribution in [2.75, 3.05) is 38.8 Å². The molecule has 0 atom stereocenters. The molecule has 0 aliphatic rings. The van der Waals surface area contributed by atoms with Crippen LogP contribution in [0.1, 0.15) is 6.42 Å². The van der Waals surface area contributed by atoms with Gasteiger partial charge in [-0.3, -0.25) is 10.1 Å². The van der Waals surface area contributed by atoms with Crippen molar-refractivity contribution in [3.63, 3.8) is 0 Å². The Balaban J connectivity index is 2.19. The zero-order chi connectivity index (χ0) is 13.2. The van der Waals surface area contributed by atoms with E-state index in [1.807, 2.05) is 0 Å². The molecule has 0 aliphatic heterocycles. The highest BCUT2D eigenvalue weighted by Gasteiger charge is 2.04. The molecule has 1 N–H and O–H groups in total. The molecule has 6 heteroatoms. The molecule has 0 aliphatic carbocycles. The third-order valence-electron chi connectivity index (χ3n) is 2.28. The van der Waals surface area contributed by atoms with Crippen molar-refractivity contribution in [1.29, 1.82) is 0 Å². The second-order valence-corrected chi connectivity index (χ2v) is 3.69. The maximum Gasteiger partial charge on any atom is 0.271 e. The Morgan fingerprint density at radius 2 is 2.17 bits per heavy atom. The van der Waals surface area contributed by atoms with Crippen LogP contribution in [0.15, 0.2) is 24.3 Å². The summed E-state index contributed by atoms with van der Waals surface area (Å²) >= 11 is 0. The molecular formula is C12H18N2O4. The number of nitrogens with one attached hydrogen (secondary N) is 1. The topological polar surface area (TPSA) is 73.6 Å². The number of rotatable bonds is 9. The number of hydrogen-bond donors (Lipinski definition) is 1. The van der Waals surface area contributed by atoms with E-state index in [1.165, 1.54) is 12.1 Å². The van der Waals surface area contributed by atoms with Gasteiger partial charge in [-0.1, -0.05) is 6.07 Å². The van der Waals surface area contributed by atoms with Gasteiger partial charge in [-0.25, -0.2) is 0 Å². The summed E-state index contributed by atoms with van der Waals surface area (Å²) in [7, 11) is 1.63. The van der Waals surface area contributed by atoms with Crippen molar-refractivity contribution in [1.82, 2.24) is 0 Å². The summed E-state index contributed by atoms with van der Waals surface area (Å²) < 4.78 is 10.1. The number of nitro groups is 1. The zero-order valence-corrected chi connectivity index (χ0v) is 10.4. The first-order valence-electron chi connectivity index (χ1n) is 5.79. The Kier molecular flexibility index (Phi) is 6.75. The molecule has 0 spiro atoms. The Labute approximate surface area is 106 Å². The van der Waals surface area contributed by atoms with Crippen LogP contribution in [-0.4, -0.2) is 38.4 Å². The van der Waals surface area contributed by atoms with E-state index < -0.39 is 4.92 Å². The van der Waals surface area contributed by atoms with Gasteiger partial charge in [0.1, 0.15) is 0 Å². The van der Waals surface area contributed by atoms with Gasteiger partial charge in [-0.2, -0.15) is 0 Å². The summed E-state index contributed by atoms with van der Waals surface area (Å²) in [5.74, 6) is 0. The number of ether oxygens (including phenoxy) is 2. The molecule has 0 amide bonds. The summed E-state index contributed by atoms with van der Waals surface area (Å²) in [6.07, 6.45) is 0.840. The van der Waals surface area contributed by atoms with E-state index in [2.05, 4.69) is 5.32 Å². The number of nitro benzene ring substituents is 1. The maximum absolute atomic E-state index is 10.6. The van der Waals surface area contributed by atoms with Gasteiger partial charge in [-0.15, -0.1) is 0 Å². The molecule has 18 heavy (non-hydrogen) atoms. The summed E-state index contributed by atoms with van der Waals surface area (Å²) in [6.45, 7) is 2.55. The van der Waals surface area contributed by atoms with Gasteiger partial charge < -0.3 is 14.8 Å². The van der Waals surface area contributed by atoms with Crippen LogP contribution in [0.2, 0.25) is 0 Å². The Bertz CT molecular complexity index is 371. The quantitative estimate of drug-likeness (QED) is 0.415. The molecule has 0 aromatic heterocycles. The minimum Gasteiger partial charge on any atom is -0.385 e. The summed E-state index contributed by atoms with van der Waals surface area (Å²) in [4.78, 5) is 10.2. The predicted molar refractivity (Wildman–Crippen MR) is 68.9 cm³/mol. The van der Waals surface area contributed by atoms with E-state index in [-0.39, 0.29) is 5.69 Å². The molecule has 0 saturated carbocycles. The summed E-state index contributed by atoms with van der Waals surface area (Å²) in [5, 5.41) is 13.7. The van der Waals surface area contributed by atoms with Crippen molar-refractivity contribution < 1.29 is 14.4 Å². The fourth-order valence-corrected chi connectivity index (χ4v) is 1.38. The molecule has 0 heterocycles. The Morgan fingerprint density at radius 1 is 1.33 bits per heavy atom. The highest BCUT2D eigenvalue weighted by molar-refractivity contribution is 5.50. The number of anilines is 1. The van der Waals surface area contributed by atoms with Crippen molar-refractivity contribution in [2.45, 2.75) is 6.42 Å². The molecule has 6 nitrogen and oxygen atoms in total.